The van der Waals surface area contributed by atoms with Crippen molar-refractivity contribution in [2.24, 2.45) is 0 Å². The number of aliphatic hydroxyl groups excluding tert-OH is 1. The van der Waals surface area contributed by atoms with Crippen molar-refractivity contribution in [2.75, 3.05) is 0 Å². The summed E-state index contributed by atoms with van der Waals surface area (Å²) in [6.07, 6.45) is 1.59. The summed E-state index contributed by atoms with van der Waals surface area (Å²) in [6, 6.07) is 8.36. The molecule has 1 N–H and O–H groups in total. The first-order valence-electron chi connectivity index (χ1n) is 5.79. The Hall–Kier alpha value is -0.820. The number of rotatable bonds is 4. The predicted octanol–water partition coefficient (Wildman–Crippen LogP) is 3.82. The van der Waals surface area contributed by atoms with E-state index in [9.17, 15) is 5.11 Å². The first-order valence-corrected chi connectivity index (χ1v) is 5.79. The molecule has 1 aromatic carbocycles. The maximum Gasteiger partial charge on any atom is 0.0787 e. The fourth-order valence-corrected chi connectivity index (χ4v) is 1.60. The molecule has 0 bridgehead atoms. The molecule has 0 saturated carbocycles. The molecule has 0 unspecified atom stereocenters. The normalized spacial score (nSPS) is 13.9. The average molecular weight is 206 g/mol. The maximum atomic E-state index is 9.68. The monoisotopic (exact) mass is 206 g/mol. The largest absolute Gasteiger partial charge is 0.388 e. The van der Waals surface area contributed by atoms with Crippen LogP contribution in [0.1, 0.15) is 57.8 Å². The van der Waals surface area contributed by atoms with Crippen LogP contribution in [0.3, 0.4) is 0 Å². The highest BCUT2D eigenvalue weighted by Gasteiger charge is 2.17. The third-order valence-electron chi connectivity index (χ3n) is 3.35. The van der Waals surface area contributed by atoms with E-state index >= 15 is 0 Å². The van der Waals surface area contributed by atoms with Gasteiger partial charge >= 0.3 is 0 Å². The summed E-state index contributed by atoms with van der Waals surface area (Å²) in [5, 5.41) is 9.68. The van der Waals surface area contributed by atoms with Crippen LogP contribution in [-0.2, 0) is 5.41 Å². The van der Waals surface area contributed by atoms with Gasteiger partial charge in [0.25, 0.3) is 0 Å². The second-order valence-electron chi connectivity index (χ2n) is 4.78. The molecule has 0 radical (unpaired) electrons. The molecule has 0 fully saturated rings. The lowest BCUT2D eigenvalue weighted by Gasteiger charge is -2.23. The molecule has 1 heteroatoms. The zero-order chi connectivity index (χ0) is 11.5. The Morgan fingerprint density at radius 3 is 2.07 bits per heavy atom. The molecule has 1 aromatic rings. The molecule has 1 rings (SSSR count). The molecule has 0 aromatic heterocycles. The standard InChI is InChI=1S/C14H22O/c1-5-13(15)11-7-9-12(10-8-11)14(3,4)6-2/h7-10,13,15H,5-6H2,1-4H3/t13-/m0/s1. The molecule has 84 valence electrons. The van der Waals surface area contributed by atoms with Gasteiger partial charge in [-0.25, -0.2) is 0 Å². The van der Waals surface area contributed by atoms with Crippen LogP contribution in [0, 0.1) is 0 Å². The second-order valence-corrected chi connectivity index (χ2v) is 4.78. The summed E-state index contributed by atoms with van der Waals surface area (Å²) < 4.78 is 0. The lowest BCUT2D eigenvalue weighted by atomic mass is 9.82. The number of hydrogen-bond acceptors (Lipinski definition) is 1. The Labute approximate surface area is 93.1 Å². The molecule has 0 aliphatic rings. The molecule has 0 amide bonds. The topological polar surface area (TPSA) is 20.2 Å². The van der Waals surface area contributed by atoms with Gasteiger partial charge in [-0.3, -0.25) is 0 Å². The fraction of sp³-hybridized carbons (Fsp3) is 0.571. The van der Waals surface area contributed by atoms with E-state index < -0.39 is 0 Å². The molecule has 1 atom stereocenters. The van der Waals surface area contributed by atoms with Crippen LogP contribution in [0.5, 0.6) is 0 Å². The summed E-state index contributed by atoms with van der Waals surface area (Å²) >= 11 is 0. The molecule has 0 heterocycles. The maximum absolute atomic E-state index is 9.68. The van der Waals surface area contributed by atoms with Crippen LogP contribution in [0.2, 0.25) is 0 Å². The second kappa shape index (κ2) is 4.80. The van der Waals surface area contributed by atoms with Gasteiger partial charge in [-0.15, -0.1) is 0 Å². The highest BCUT2D eigenvalue weighted by Crippen LogP contribution is 2.28. The van der Waals surface area contributed by atoms with Crippen LogP contribution >= 0.6 is 0 Å². The van der Waals surface area contributed by atoms with Crippen molar-refractivity contribution >= 4 is 0 Å². The summed E-state index contributed by atoms with van der Waals surface area (Å²) in [7, 11) is 0. The average Bonchev–Trinajstić information content (AvgIpc) is 2.28. The van der Waals surface area contributed by atoms with Gasteiger partial charge in [-0.1, -0.05) is 52.0 Å². The van der Waals surface area contributed by atoms with Gasteiger partial charge in [-0.05, 0) is 29.4 Å². The number of aliphatic hydroxyl groups is 1. The minimum atomic E-state index is -0.316. The van der Waals surface area contributed by atoms with E-state index in [1.54, 1.807) is 0 Å². The Kier molecular flexibility index (Phi) is 3.92. The van der Waals surface area contributed by atoms with E-state index in [0.29, 0.717) is 0 Å². The van der Waals surface area contributed by atoms with E-state index in [-0.39, 0.29) is 11.5 Å². The highest BCUT2D eigenvalue weighted by atomic mass is 16.3. The van der Waals surface area contributed by atoms with Crippen molar-refractivity contribution < 1.29 is 5.11 Å². The zero-order valence-corrected chi connectivity index (χ0v) is 10.2. The van der Waals surface area contributed by atoms with Crippen molar-refractivity contribution in [3.8, 4) is 0 Å². The van der Waals surface area contributed by atoms with Crippen molar-refractivity contribution in [1.29, 1.82) is 0 Å². The molecular weight excluding hydrogens is 184 g/mol. The zero-order valence-electron chi connectivity index (χ0n) is 10.2. The summed E-state index contributed by atoms with van der Waals surface area (Å²) in [4.78, 5) is 0. The van der Waals surface area contributed by atoms with E-state index in [0.717, 1.165) is 18.4 Å². The molecule has 0 saturated heterocycles. The molecule has 0 aliphatic heterocycles. The van der Waals surface area contributed by atoms with E-state index in [1.807, 2.05) is 19.1 Å². The minimum absolute atomic E-state index is 0.232. The summed E-state index contributed by atoms with van der Waals surface area (Å²) in [5.41, 5.74) is 2.60. The number of benzene rings is 1. The third kappa shape index (κ3) is 2.82. The predicted molar refractivity (Wildman–Crippen MR) is 65.0 cm³/mol. The summed E-state index contributed by atoms with van der Waals surface area (Å²) in [5.74, 6) is 0. The molecule has 1 nitrogen and oxygen atoms in total. The number of hydrogen-bond donors (Lipinski definition) is 1. The van der Waals surface area contributed by atoms with Crippen LogP contribution < -0.4 is 0 Å². The first-order chi connectivity index (χ1) is 7.01. The molecule has 0 spiro atoms. The van der Waals surface area contributed by atoms with Gasteiger partial charge in [0.1, 0.15) is 0 Å². The van der Waals surface area contributed by atoms with Gasteiger partial charge in [0.15, 0.2) is 0 Å². The Morgan fingerprint density at radius 1 is 1.13 bits per heavy atom. The summed E-state index contributed by atoms with van der Waals surface area (Å²) in [6.45, 7) is 8.69. The van der Waals surface area contributed by atoms with Crippen molar-refractivity contribution in [2.45, 2.75) is 52.1 Å². The quantitative estimate of drug-likeness (QED) is 0.794. The lowest BCUT2D eigenvalue weighted by Crippen LogP contribution is -2.15. The third-order valence-corrected chi connectivity index (χ3v) is 3.35. The highest BCUT2D eigenvalue weighted by molar-refractivity contribution is 5.29. The van der Waals surface area contributed by atoms with Gasteiger partial charge in [-0.2, -0.15) is 0 Å². The smallest absolute Gasteiger partial charge is 0.0787 e. The minimum Gasteiger partial charge on any atom is -0.388 e. The van der Waals surface area contributed by atoms with Crippen molar-refractivity contribution in [1.82, 2.24) is 0 Å². The van der Waals surface area contributed by atoms with Crippen molar-refractivity contribution in [3.63, 3.8) is 0 Å². The van der Waals surface area contributed by atoms with Crippen LogP contribution in [0.4, 0.5) is 0 Å². The SMILES string of the molecule is CC[C@H](O)c1ccc(C(C)(C)CC)cc1. The lowest BCUT2D eigenvalue weighted by molar-refractivity contribution is 0.173. The molecular formula is C14H22O. The van der Waals surface area contributed by atoms with Gasteiger partial charge in [0, 0.05) is 0 Å². The Morgan fingerprint density at radius 2 is 1.67 bits per heavy atom. The Balaban J connectivity index is 2.90. The van der Waals surface area contributed by atoms with Crippen molar-refractivity contribution in [3.05, 3.63) is 35.4 Å². The van der Waals surface area contributed by atoms with Gasteiger partial charge in [0.05, 0.1) is 6.10 Å². The van der Waals surface area contributed by atoms with E-state index in [2.05, 4.69) is 32.9 Å². The van der Waals surface area contributed by atoms with Crippen LogP contribution in [0.25, 0.3) is 0 Å². The van der Waals surface area contributed by atoms with Gasteiger partial charge in [0.2, 0.25) is 0 Å². The molecule has 15 heavy (non-hydrogen) atoms. The van der Waals surface area contributed by atoms with Gasteiger partial charge < -0.3 is 5.11 Å². The first kappa shape index (κ1) is 12.3. The van der Waals surface area contributed by atoms with Crippen LogP contribution in [-0.4, -0.2) is 5.11 Å². The Bertz CT molecular complexity index is 298. The van der Waals surface area contributed by atoms with E-state index in [1.165, 1.54) is 5.56 Å². The molecule has 0 aliphatic carbocycles. The van der Waals surface area contributed by atoms with Crippen LogP contribution in [0.15, 0.2) is 24.3 Å². The fourth-order valence-electron chi connectivity index (χ4n) is 1.60. The van der Waals surface area contributed by atoms with E-state index in [4.69, 9.17) is 0 Å².